The van der Waals surface area contributed by atoms with E-state index in [1.165, 1.54) is 76.7 Å². The molecule has 1 aromatic heterocycles. The fourth-order valence-corrected chi connectivity index (χ4v) is 7.58. The van der Waals surface area contributed by atoms with Gasteiger partial charge in [0.2, 0.25) is 6.71 Å². The highest BCUT2D eigenvalue weighted by atomic mass is 14.7. The molecule has 0 amide bonds. The van der Waals surface area contributed by atoms with E-state index in [-0.39, 0.29) is 6.71 Å². The lowest BCUT2D eigenvalue weighted by Crippen LogP contribution is -2.55. The average Bonchev–Trinajstić information content (AvgIpc) is 2.98. The Morgan fingerprint density at radius 1 is 0.488 bits per heavy atom. The van der Waals surface area contributed by atoms with Crippen molar-refractivity contribution in [2.75, 3.05) is 0 Å². The molecule has 0 saturated carbocycles. The molecule has 0 aliphatic heterocycles. The molecular weight excluding hydrogens is 517 g/mol. The minimum atomic E-state index is 0.119. The molecule has 0 aliphatic carbocycles. The number of aromatic nitrogens is 1. The predicted molar refractivity (Wildman–Crippen MR) is 188 cm³/mol. The monoisotopic (exact) mass is 553 g/mol. The Labute approximate surface area is 255 Å². The fraction of sp³-hybridized carbons (Fsp3) is 0.146. The van der Waals surface area contributed by atoms with Crippen LogP contribution in [0.4, 0.5) is 0 Å². The summed E-state index contributed by atoms with van der Waals surface area (Å²) in [5, 5.41) is 6.18. The van der Waals surface area contributed by atoms with E-state index in [1.54, 1.807) is 0 Å². The third kappa shape index (κ3) is 4.62. The number of aryl methyl sites for hydroxylation is 6. The van der Waals surface area contributed by atoms with Crippen LogP contribution in [0.3, 0.4) is 0 Å². The number of nitrogens with zero attached hydrogens (tertiary/aromatic N) is 1. The van der Waals surface area contributed by atoms with Crippen molar-refractivity contribution in [2.45, 2.75) is 41.5 Å². The first-order valence-electron chi connectivity index (χ1n) is 15.3. The van der Waals surface area contributed by atoms with E-state index in [0.717, 1.165) is 16.8 Å². The molecule has 0 fully saturated rings. The van der Waals surface area contributed by atoms with Gasteiger partial charge in [0.05, 0.1) is 11.2 Å². The van der Waals surface area contributed by atoms with Gasteiger partial charge >= 0.3 is 0 Å². The molecule has 43 heavy (non-hydrogen) atoms. The van der Waals surface area contributed by atoms with Crippen LogP contribution in [0.5, 0.6) is 0 Å². The summed E-state index contributed by atoms with van der Waals surface area (Å²) in [5.74, 6) is 0. The van der Waals surface area contributed by atoms with Crippen molar-refractivity contribution in [1.29, 1.82) is 0 Å². The van der Waals surface area contributed by atoms with Gasteiger partial charge in [-0.3, -0.25) is 0 Å². The molecule has 0 radical (unpaired) electrons. The number of pyridine rings is 1. The molecule has 7 rings (SSSR count). The van der Waals surface area contributed by atoms with Gasteiger partial charge in [-0.25, -0.2) is 4.98 Å². The van der Waals surface area contributed by atoms with Crippen molar-refractivity contribution in [3.05, 3.63) is 143 Å². The van der Waals surface area contributed by atoms with Gasteiger partial charge in [-0.2, -0.15) is 0 Å². The quantitative estimate of drug-likeness (QED) is 0.157. The summed E-state index contributed by atoms with van der Waals surface area (Å²) in [7, 11) is 0. The summed E-state index contributed by atoms with van der Waals surface area (Å²) in [6.45, 7) is 13.6. The molecule has 0 unspecified atom stereocenters. The molecule has 0 spiro atoms. The Morgan fingerprint density at radius 2 is 1.07 bits per heavy atom. The third-order valence-electron chi connectivity index (χ3n) is 9.14. The third-order valence-corrected chi connectivity index (χ3v) is 9.14. The number of benzene rings is 6. The van der Waals surface area contributed by atoms with Crippen molar-refractivity contribution < 1.29 is 0 Å². The highest BCUT2D eigenvalue weighted by Gasteiger charge is 2.29. The largest absolute Gasteiger partial charge is 0.247 e. The van der Waals surface area contributed by atoms with E-state index < -0.39 is 0 Å². The second-order valence-corrected chi connectivity index (χ2v) is 12.4. The normalized spacial score (nSPS) is 11.5. The topological polar surface area (TPSA) is 12.9 Å². The van der Waals surface area contributed by atoms with Crippen LogP contribution < -0.4 is 16.4 Å². The van der Waals surface area contributed by atoms with Crippen molar-refractivity contribution >= 4 is 55.5 Å². The Hall–Kier alpha value is -4.69. The lowest BCUT2D eigenvalue weighted by atomic mass is 9.34. The minimum Gasteiger partial charge on any atom is -0.247 e. The zero-order valence-electron chi connectivity index (χ0n) is 25.9. The summed E-state index contributed by atoms with van der Waals surface area (Å²) >= 11 is 0. The molecule has 2 heteroatoms. The van der Waals surface area contributed by atoms with Gasteiger partial charge < -0.3 is 0 Å². The van der Waals surface area contributed by atoms with Crippen LogP contribution >= 0.6 is 0 Å². The molecule has 0 saturated heterocycles. The minimum absolute atomic E-state index is 0.119. The lowest BCUT2D eigenvalue weighted by Gasteiger charge is -2.25. The lowest BCUT2D eigenvalue weighted by molar-refractivity contribution is 1.34. The van der Waals surface area contributed by atoms with Crippen LogP contribution in [0.25, 0.3) is 43.7 Å². The second kappa shape index (κ2) is 10.5. The first-order valence-corrected chi connectivity index (χ1v) is 15.3. The summed E-state index contributed by atoms with van der Waals surface area (Å²) in [5.41, 5.74) is 15.3. The maximum absolute atomic E-state index is 5.32. The second-order valence-electron chi connectivity index (χ2n) is 12.4. The Bertz CT molecular complexity index is 2090. The Morgan fingerprint density at radius 3 is 1.72 bits per heavy atom. The maximum atomic E-state index is 5.32. The van der Waals surface area contributed by atoms with Gasteiger partial charge in [0.1, 0.15) is 0 Å². The molecule has 0 bridgehead atoms. The average molecular weight is 554 g/mol. The van der Waals surface area contributed by atoms with Gasteiger partial charge in [-0.15, -0.1) is 0 Å². The summed E-state index contributed by atoms with van der Waals surface area (Å²) in [6, 6.07) is 40.3. The van der Waals surface area contributed by atoms with Crippen LogP contribution in [-0.2, 0) is 0 Å². The smallest absolute Gasteiger partial charge is 0.242 e. The van der Waals surface area contributed by atoms with Crippen LogP contribution in [0.15, 0.2) is 109 Å². The van der Waals surface area contributed by atoms with Gasteiger partial charge in [0.15, 0.2) is 0 Å². The number of rotatable bonds is 4. The summed E-state index contributed by atoms with van der Waals surface area (Å²) < 4.78 is 0. The number of fused-ring (bicyclic) bond motifs is 5. The van der Waals surface area contributed by atoms with Crippen LogP contribution in [-0.4, -0.2) is 11.7 Å². The number of hydrogen-bond donors (Lipinski definition) is 0. The van der Waals surface area contributed by atoms with E-state index in [1.807, 2.05) is 0 Å². The van der Waals surface area contributed by atoms with Gasteiger partial charge in [0, 0.05) is 21.7 Å². The number of para-hydroxylation sites is 1. The van der Waals surface area contributed by atoms with E-state index in [4.69, 9.17) is 4.98 Å². The standard InChI is InChI=1S/C41H36BN/c1-25-20-27(3)39(28(4)21-25)42(40-29(5)22-26(2)23-30(40)6)33-14-11-13-32(24-33)41-36-19-18-31-12-7-8-15-34(31)38(36)35-16-9-10-17-37(35)43-41/h7-24H,1-6H3. The zero-order valence-corrected chi connectivity index (χ0v) is 25.9. The van der Waals surface area contributed by atoms with Gasteiger partial charge in [-0.05, 0) is 58.4 Å². The zero-order chi connectivity index (χ0) is 29.8. The SMILES string of the molecule is Cc1cc(C)c(B(c2cccc(-c3nc4ccccc4c4c3ccc3ccccc34)c2)c2c(C)cc(C)cc2C)c(C)c1. The number of hydrogen-bond acceptors (Lipinski definition) is 1. The van der Waals surface area contributed by atoms with Crippen molar-refractivity contribution in [3.63, 3.8) is 0 Å². The van der Waals surface area contributed by atoms with Crippen LogP contribution in [0, 0.1) is 41.5 Å². The van der Waals surface area contributed by atoms with E-state index in [2.05, 4.69) is 151 Å². The van der Waals surface area contributed by atoms with Gasteiger partial charge in [0.25, 0.3) is 0 Å². The van der Waals surface area contributed by atoms with E-state index >= 15 is 0 Å². The fourth-order valence-electron chi connectivity index (χ4n) is 7.58. The molecular formula is C41H36BN. The first kappa shape index (κ1) is 27.2. The molecule has 6 aromatic carbocycles. The molecule has 208 valence electrons. The van der Waals surface area contributed by atoms with E-state index in [9.17, 15) is 0 Å². The van der Waals surface area contributed by atoms with E-state index in [0.29, 0.717) is 0 Å². The van der Waals surface area contributed by atoms with Crippen LogP contribution in [0.2, 0.25) is 0 Å². The van der Waals surface area contributed by atoms with Crippen molar-refractivity contribution in [2.24, 2.45) is 0 Å². The Balaban J connectivity index is 1.53. The molecule has 0 aliphatic rings. The Kier molecular flexibility index (Phi) is 6.66. The summed E-state index contributed by atoms with van der Waals surface area (Å²) in [4.78, 5) is 5.32. The molecule has 0 atom stereocenters. The predicted octanol–water partition coefficient (Wildman–Crippen LogP) is 8.57. The van der Waals surface area contributed by atoms with Crippen molar-refractivity contribution in [3.8, 4) is 11.3 Å². The highest BCUT2D eigenvalue weighted by molar-refractivity contribution is 6.96. The highest BCUT2D eigenvalue weighted by Crippen LogP contribution is 2.36. The van der Waals surface area contributed by atoms with Crippen LogP contribution in [0.1, 0.15) is 33.4 Å². The molecule has 1 nitrogen and oxygen atoms in total. The molecule has 7 aromatic rings. The molecule has 1 heterocycles. The molecule has 0 N–H and O–H groups in total. The maximum Gasteiger partial charge on any atom is 0.242 e. The van der Waals surface area contributed by atoms with Gasteiger partial charge in [-0.1, -0.05) is 153 Å². The van der Waals surface area contributed by atoms with Crippen molar-refractivity contribution in [1.82, 2.24) is 4.98 Å². The summed E-state index contributed by atoms with van der Waals surface area (Å²) in [6.07, 6.45) is 0. The first-order chi connectivity index (χ1) is 20.8.